The standard InChI is InChI=1S/C19H30N2/c1-14(2)11-17(12-15(3)4)20-10-9-16-13-21-19-8-6-5-7-18(16)19/h5-8,13-15,17,20-21H,9-12H2,1-4H3. The fourth-order valence-corrected chi connectivity index (χ4v) is 3.15. The predicted octanol–water partition coefficient (Wildman–Crippen LogP) is 4.76. The van der Waals surface area contributed by atoms with Gasteiger partial charge in [-0.3, -0.25) is 0 Å². The van der Waals surface area contributed by atoms with Gasteiger partial charge >= 0.3 is 0 Å². The third-order valence-corrected chi connectivity index (χ3v) is 4.01. The molecule has 0 aliphatic rings. The summed E-state index contributed by atoms with van der Waals surface area (Å²) >= 11 is 0. The van der Waals surface area contributed by atoms with E-state index in [9.17, 15) is 0 Å². The van der Waals surface area contributed by atoms with Crippen molar-refractivity contribution >= 4 is 10.9 Å². The Morgan fingerprint density at radius 3 is 2.33 bits per heavy atom. The van der Waals surface area contributed by atoms with Crippen LogP contribution in [0.5, 0.6) is 0 Å². The molecule has 0 aliphatic heterocycles. The molecule has 0 amide bonds. The van der Waals surface area contributed by atoms with E-state index in [0.717, 1.165) is 24.8 Å². The minimum Gasteiger partial charge on any atom is -0.361 e. The first-order valence-electron chi connectivity index (χ1n) is 8.34. The van der Waals surface area contributed by atoms with Crippen molar-refractivity contribution in [2.24, 2.45) is 11.8 Å². The lowest BCUT2D eigenvalue weighted by Crippen LogP contribution is -2.33. The van der Waals surface area contributed by atoms with E-state index in [1.54, 1.807) is 0 Å². The zero-order valence-electron chi connectivity index (χ0n) is 13.9. The Labute approximate surface area is 129 Å². The van der Waals surface area contributed by atoms with Crippen molar-refractivity contribution in [2.75, 3.05) is 6.54 Å². The number of rotatable bonds is 8. The molecule has 116 valence electrons. The minimum atomic E-state index is 0.648. The first kappa shape index (κ1) is 16.1. The van der Waals surface area contributed by atoms with Crippen LogP contribution in [-0.4, -0.2) is 17.6 Å². The summed E-state index contributed by atoms with van der Waals surface area (Å²) in [7, 11) is 0. The largest absolute Gasteiger partial charge is 0.361 e. The minimum absolute atomic E-state index is 0.648. The highest BCUT2D eigenvalue weighted by Gasteiger charge is 2.12. The van der Waals surface area contributed by atoms with Crippen molar-refractivity contribution in [2.45, 2.75) is 53.0 Å². The average molecular weight is 286 g/mol. The summed E-state index contributed by atoms with van der Waals surface area (Å²) in [5, 5.41) is 5.14. The van der Waals surface area contributed by atoms with Crippen LogP contribution < -0.4 is 5.32 Å². The van der Waals surface area contributed by atoms with Gasteiger partial charge in [0.2, 0.25) is 0 Å². The van der Waals surface area contributed by atoms with Crippen molar-refractivity contribution in [3.8, 4) is 0 Å². The molecule has 1 heterocycles. The van der Waals surface area contributed by atoms with Crippen molar-refractivity contribution < 1.29 is 0 Å². The van der Waals surface area contributed by atoms with Crippen LogP contribution in [0.4, 0.5) is 0 Å². The second-order valence-corrected chi connectivity index (χ2v) is 7.02. The molecule has 2 aromatic rings. The molecular weight excluding hydrogens is 256 g/mol. The van der Waals surface area contributed by atoms with Crippen LogP contribution in [-0.2, 0) is 6.42 Å². The first-order valence-corrected chi connectivity index (χ1v) is 8.34. The van der Waals surface area contributed by atoms with Crippen molar-refractivity contribution in [1.82, 2.24) is 10.3 Å². The quantitative estimate of drug-likeness (QED) is 0.719. The third-order valence-electron chi connectivity index (χ3n) is 4.01. The van der Waals surface area contributed by atoms with E-state index in [1.165, 1.54) is 29.3 Å². The molecule has 0 spiro atoms. The molecule has 2 rings (SSSR count). The highest BCUT2D eigenvalue weighted by Crippen LogP contribution is 2.18. The van der Waals surface area contributed by atoms with Gasteiger partial charge in [-0.15, -0.1) is 0 Å². The first-order chi connectivity index (χ1) is 10.1. The topological polar surface area (TPSA) is 27.8 Å². The highest BCUT2D eigenvalue weighted by molar-refractivity contribution is 5.83. The second kappa shape index (κ2) is 7.65. The second-order valence-electron chi connectivity index (χ2n) is 7.02. The summed E-state index contributed by atoms with van der Waals surface area (Å²) in [5.74, 6) is 1.52. The van der Waals surface area contributed by atoms with E-state index in [-0.39, 0.29) is 0 Å². The summed E-state index contributed by atoms with van der Waals surface area (Å²) in [6, 6.07) is 9.21. The molecule has 2 N–H and O–H groups in total. The molecule has 0 bridgehead atoms. The molecule has 0 atom stereocenters. The Kier molecular flexibility index (Phi) is 5.86. The lowest BCUT2D eigenvalue weighted by atomic mass is 9.95. The molecule has 0 saturated carbocycles. The van der Waals surface area contributed by atoms with Gasteiger partial charge in [-0.2, -0.15) is 0 Å². The van der Waals surface area contributed by atoms with Gasteiger partial charge in [-0.25, -0.2) is 0 Å². The number of H-pyrrole nitrogens is 1. The van der Waals surface area contributed by atoms with E-state index >= 15 is 0 Å². The Morgan fingerprint density at radius 1 is 1.00 bits per heavy atom. The molecule has 2 heteroatoms. The van der Waals surface area contributed by atoms with E-state index in [1.807, 2.05) is 0 Å². The van der Waals surface area contributed by atoms with Gasteiger partial charge in [0.15, 0.2) is 0 Å². The van der Waals surface area contributed by atoms with E-state index in [4.69, 9.17) is 0 Å². The number of aromatic amines is 1. The van der Waals surface area contributed by atoms with Crippen LogP contribution in [0.15, 0.2) is 30.5 Å². The Bertz CT molecular complexity index is 529. The number of aromatic nitrogens is 1. The summed E-state index contributed by atoms with van der Waals surface area (Å²) in [4.78, 5) is 3.36. The Balaban J connectivity index is 1.89. The molecule has 1 aromatic carbocycles. The van der Waals surface area contributed by atoms with Crippen LogP contribution in [0.2, 0.25) is 0 Å². The fourth-order valence-electron chi connectivity index (χ4n) is 3.15. The SMILES string of the molecule is CC(C)CC(CC(C)C)NCCc1c[nH]c2ccccc12. The third kappa shape index (κ3) is 4.89. The van der Waals surface area contributed by atoms with Crippen LogP contribution in [0.25, 0.3) is 10.9 Å². The molecule has 0 unspecified atom stereocenters. The van der Waals surface area contributed by atoms with E-state index in [2.05, 4.69) is 68.5 Å². The molecule has 1 aromatic heterocycles. The summed E-state index contributed by atoms with van der Waals surface area (Å²) in [6.45, 7) is 10.3. The van der Waals surface area contributed by atoms with Crippen LogP contribution in [0, 0.1) is 11.8 Å². The monoisotopic (exact) mass is 286 g/mol. The lowest BCUT2D eigenvalue weighted by molar-refractivity contribution is 0.361. The number of hydrogen-bond donors (Lipinski definition) is 2. The van der Waals surface area contributed by atoms with Crippen molar-refractivity contribution in [3.63, 3.8) is 0 Å². The average Bonchev–Trinajstić information content (AvgIpc) is 2.81. The predicted molar refractivity (Wildman–Crippen MR) is 92.7 cm³/mol. The molecule has 0 saturated heterocycles. The van der Waals surface area contributed by atoms with Gasteiger partial charge in [0, 0.05) is 23.1 Å². The molecule has 21 heavy (non-hydrogen) atoms. The molecule has 0 aliphatic carbocycles. The highest BCUT2D eigenvalue weighted by atomic mass is 14.9. The number of nitrogens with one attached hydrogen (secondary N) is 2. The number of benzene rings is 1. The maximum absolute atomic E-state index is 3.77. The molecule has 0 fully saturated rings. The van der Waals surface area contributed by atoms with E-state index in [0.29, 0.717) is 6.04 Å². The van der Waals surface area contributed by atoms with Gasteiger partial charge in [0.05, 0.1) is 0 Å². The number of para-hydroxylation sites is 1. The zero-order valence-corrected chi connectivity index (χ0v) is 13.9. The summed E-state index contributed by atoms with van der Waals surface area (Å²) in [6.07, 6.45) is 5.79. The van der Waals surface area contributed by atoms with Crippen molar-refractivity contribution in [1.29, 1.82) is 0 Å². The smallest absolute Gasteiger partial charge is 0.0456 e. The maximum Gasteiger partial charge on any atom is 0.0456 e. The Morgan fingerprint density at radius 2 is 1.67 bits per heavy atom. The van der Waals surface area contributed by atoms with Gasteiger partial charge in [-0.05, 0) is 49.3 Å². The van der Waals surface area contributed by atoms with Crippen LogP contribution in [0.3, 0.4) is 0 Å². The van der Waals surface area contributed by atoms with Crippen LogP contribution in [0.1, 0.15) is 46.1 Å². The summed E-state index contributed by atoms with van der Waals surface area (Å²) < 4.78 is 0. The number of hydrogen-bond acceptors (Lipinski definition) is 1. The van der Waals surface area contributed by atoms with Crippen LogP contribution >= 0.6 is 0 Å². The molecule has 2 nitrogen and oxygen atoms in total. The molecule has 0 radical (unpaired) electrons. The van der Waals surface area contributed by atoms with E-state index < -0.39 is 0 Å². The van der Waals surface area contributed by atoms with Gasteiger partial charge in [0.25, 0.3) is 0 Å². The van der Waals surface area contributed by atoms with Gasteiger partial charge in [0.1, 0.15) is 0 Å². The Hall–Kier alpha value is -1.28. The summed E-state index contributed by atoms with van der Waals surface area (Å²) in [5.41, 5.74) is 2.67. The maximum atomic E-state index is 3.77. The zero-order chi connectivity index (χ0) is 15.2. The number of fused-ring (bicyclic) bond motifs is 1. The van der Waals surface area contributed by atoms with Gasteiger partial charge < -0.3 is 10.3 Å². The van der Waals surface area contributed by atoms with Gasteiger partial charge in [-0.1, -0.05) is 45.9 Å². The normalized spacial score (nSPS) is 12.1. The lowest BCUT2D eigenvalue weighted by Gasteiger charge is -2.22. The molecular formula is C19H30N2. The fraction of sp³-hybridized carbons (Fsp3) is 0.579. The van der Waals surface area contributed by atoms with Crippen molar-refractivity contribution in [3.05, 3.63) is 36.0 Å².